The number of rotatable bonds is 2. The lowest BCUT2D eigenvalue weighted by atomic mass is 10.2. The predicted molar refractivity (Wildman–Crippen MR) is 65.9 cm³/mol. The summed E-state index contributed by atoms with van der Waals surface area (Å²) in [6, 6.07) is 2.30. The number of thiol groups is 1. The van der Waals surface area contributed by atoms with E-state index in [1.165, 1.54) is 24.2 Å². The zero-order chi connectivity index (χ0) is 10.8. The first-order valence-corrected chi connectivity index (χ1v) is 6.56. The average molecular weight is 241 g/mol. The average Bonchev–Trinajstić information content (AvgIpc) is 2.85. The highest BCUT2D eigenvalue weighted by molar-refractivity contribution is 7.80. The summed E-state index contributed by atoms with van der Waals surface area (Å²) in [5, 5.41) is 1.90. The smallest absolute Gasteiger partial charge is 0.263 e. The van der Waals surface area contributed by atoms with Crippen molar-refractivity contribution in [3.63, 3.8) is 0 Å². The second kappa shape index (κ2) is 4.58. The number of nitrogens with zero attached hydrogens (tertiary/aromatic N) is 1. The summed E-state index contributed by atoms with van der Waals surface area (Å²) in [6.45, 7) is 0. The van der Waals surface area contributed by atoms with Gasteiger partial charge >= 0.3 is 0 Å². The Balaban J connectivity index is 2.06. The van der Waals surface area contributed by atoms with Crippen molar-refractivity contribution in [2.24, 2.45) is 0 Å². The largest absolute Gasteiger partial charge is 0.338 e. The summed E-state index contributed by atoms with van der Waals surface area (Å²) in [4.78, 5) is 15.6. The van der Waals surface area contributed by atoms with Gasteiger partial charge in [-0.25, -0.2) is 0 Å². The van der Waals surface area contributed by atoms with Crippen LogP contribution >= 0.6 is 24.0 Å². The van der Waals surface area contributed by atoms with E-state index in [0.29, 0.717) is 6.04 Å². The van der Waals surface area contributed by atoms with Crippen molar-refractivity contribution < 1.29 is 4.79 Å². The first-order valence-electron chi connectivity index (χ1n) is 5.23. The third kappa shape index (κ3) is 2.37. The summed E-state index contributed by atoms with van der Waals surface area (Å²) in [5.41, 5.74) is 0. The highest BCUT2D eigenvalue weighted by Gasteiger charge is 2.24. The van der Waals surface area contributed by atoms with Gasteiger partial charge in [0, 0.05) is 23.4 Å². The number of carbonyl (C=O) groups excluding carboxylic acids is 1. The monoisotopic (exact) mass is 241 g/mol. The normalized spacial score (nSPS) is 16.9. The maximum atomic E-state index is 12.0. The molecule has 0 spiro atoms. The standard InChI is InChI=1S/C11H15NOS2/c1-12(8-4-2-3-5-8)11(13)10-6-9(14)7-15-10/h6-8,14H,2-5H2,1H3. The van der Waals surface area contributed by atoms with Crippen molar-refractivity contribution in [1.82, 2.24) is 4.90 Å². The molecule has 0 unspecified atom stereocenters. The zero-order valence-corrected chi connectivity index (χ0v) is 10.5. The molecule has 1 aromatic rings. The molecule has 0 aromatic carbocycles. The van der Waals surface area contributed by atoms with E-state index in [4.69, 9.17) is 0 Å². The molecular weight excluding hydrogens is 226 g/mol. The molecule has 82 valence electrons. The summed E-state index contributed by atoms with van der Waals surface area (Å²) >= 11 is 5.69. The fourth-order valence-corrected chi connectivity index (χ4v) is 3.20. The van der Waals surface area contributed by atoms with Crippen LogP contribution in [-0.4, -0.2) is 23.9 Å². The van der Waals surface area contributed by atoms with Crippen LogP contribution in [0.25, 0.3) is 0 Å². The van der Waals surface area contributed by atoms with Gasteiger partial charge in [-0.05, 0) is 18.9 Å². The lowest BCUT2D eigenvalue weighted by molar-refractivity contribution is 0.0740. The Labute approximate surface area is 99.7 Å². The van der Waals surface area contributed by atoms with Crippen LogP contribution in [-0.2, 0) is 0 Å². The van der Waals surface area contributed by atoms with E-state index in [-0.39, 0.29) is 5.91 Å². The van der Waals surface area contributed by atoms with Crippen LogP contribution in [0, 0.1) is 0 Å². The molecule has 2 rings (SSSR count). The molecule has 0 atom stereocenters. The molecule has 1 aliphatic carbocycles. The van der Waals surface area contributed by atoms with Crippen LogP contribution in [0.1, 0.15) is 35.4 Å². The van der Waals surface area contributed by atoms with E-state index in [9.17, 15) is 4.79 Å². The number of hydrogen-bond acceptors (Lipinski definition) is 3. The fraction of sp³-hybridized carbons (Fsp3) is 0.545. The number of thiophene rings is 1. The number of carbonyl (C=O) groups is 1. The summed E-state index contributed by atoms with van der Waals surface area (Å²) in [7, 11) is 1.91. The Morgan fingerprint density at radius 3 is 2.73 bits per heavy atom. The molecule has 0 saturated heterocycles. The first-order chi connectivity index (χ1) is 7.18. The topological polar surface area (TPSA) is 20.3 Å². The van der Waals surface area contributed by atoms with Gasteiger partial charge in [-0.15, -0.1) is 24.0 Å². The zero-order valence-electron chi connectivity index (χ0n) is 8.77. The van der Waals surface area contributed by atoms with Crippen LogP contribution < -0.4 is 0 Å². The maximum Gasteiger partial charge on any atom is 0.263 e. The van der Waals surface area contributed by atoms with Crippen LogP contribution in [0.5, 0.6) is 0 Å². The Morgan fingerprint density at radius 1 is 1.53 bits per heavy atom. The third-order valence-electron chi connectivity index (χ3n) is 2.99. The minimum Gasteiger partial charge on any atom is -0.338 e. The van der Waals surface area contributed by atoms with Gasteiger partial charge in [0.15, 0.2) is 0 Å². The van der Waals surface area contributed by atoms with E-state index in [1.54, 1.807) is 0 Å². The van der Waals surface area contributed by atoms with Gasteiger partial charge < -0.3 is 4.90 Å². The van der Waals surface area contributed by atoms with Crippen LogP contribution in [0.2, 0.25) is 0 Å². The summed E-state index contributed by atoms with van der Waals surface area (Å²) in [6.07, 6.45) is 4.82. The van der Waals surface area contributed by atoms with E-state index < -0.39 is 0 Å². The van der Waals surface area contributed by atoms with Gasteiger partial charge in [-0.3, -0.25) is 4.79 Å². The number of hydrogen-bond donors (Lipinski definition) is 1. The van der Waals surface area contributed by atoms with E-state index in [0.717, 1.165) is 22.6 Å². The van der Waals surface area contributed by atoms with Crippen LogP contribution in [0.4, 0.5) is 0 Å². The van der Waals surface area contributed by atoms with Crippen molar-refractivity contribution in [2.75, 3.05) is 7.05 Å². The maximum absolute atomic E-state index is 12.0. The van der Waals surface area contributed by atoms with Crippen LogP contribution in [0.3, 0.4) is 0 Å². The van der Waals surface area contributed by atoms with Gasteiger partial charge in [0.25, 0.3) is 5.91 Å². The lowest BCUT2D eigenvalue weighted by Crippen LogP contribution is -2.34. The molecule has 0 N–H and O–H groups in total. The van der Waals surface area contributed by atoms with E-state index in [2.05, 4.69) is 12.6 Å². The first kappa shape index (κ1) is 11.0. The van der Waals surface area contributed by atoms with Crippen molar-refractivity contribution in [3.8, 4) is 0 Å². The van der Waals surface area contributed by atoms with E-state index in [1.807, 2.05) is 23.4 Å². The highest BCUT2D eigenvalue weighted by Crippen LogP contribution is 2.25. The van der Waals surface area contributed by atoms with Gasteiger partial charge in [0.2, 0.25) is 0 Å². The minimum absolute atomic E-state index is 0.146. The molecular formula is C11H15NOS2. The van der Waals surface area contributed by atoms with Crippen molar-refractivity contribution in [3.05, 3.63) is 16.3 Å². The molecule has 1 amide bonds. The molecule has 1 aliphatic rings. The van der Waals surface area contributed by atoms with Crippen molar-refractivity contribution in [1.29, 1.82) is 0 Å². The third-order valence-corrected chi connectivity index (χ3v) is 4.34. The second-order valence-electron chi connectivity index (χ2n) is 4.02. The van der Waals surface area contributed by atoms with Gasteiger partial charge in [-0.2, -0.15) is 0 Å². The predicted octanol–water partition coefficient (Wildman–Crippen LogP) is 3.05. The molecule has 1 heterocycles. The van der Waals surface area contributed by atoms with E-state index >= 15 is 0 Å². The Hall–Kier alpha value is -0.480. The van der Waals surface area contributed by atoms with Gasteiger partial charge in [0.05, 0.1) is 4.88 Å². The Bertz CT molecular complexity index is 355. The Morgan fingerprint density at radius 2 is 2.20 bits per heavy atom. The van der Waals surface area contributed by atoms with Crippen LogP contribution in [0.15, 0.2) is 16.3 Å². The Kier molecular flexibility index (Phi) is 3.36. The quantitative estimate of drug-likeness (QED) is 0.789. The number of amides is 1. The lowest BCUT2D eigenvalue weighted by Gasteiger charge is -2.23. The molecule has 0 radical (unpaired) electrons. The molecule has 2 nitrogen and oxygen atoms in total. The van der Waals surface area contributed by atoms with Crippen molar-refractivity contribution >= 4 is 29.9 Å². The summed E-state index contributed by atoms with van der Waals surface area (Å²) in [5.74, 6) is 0.146. The van der Waals surface area contributed by atoms with Gasteiger partial charge in [-0.1, -0.05) is 12.8 Å². The SMILES string of the molecule is CN(C(=O)c1cc(S)cs1)C1CCCC1. The highest BCUT2D eigenvalue weighted by atomic mass is 32.1. The minimum atomic E-state index is 0.146. The molecule has 15 heavy (non-hydrogen) atoms. The molecule has 0 aliphatic heterocycles. The molecule has 1 saturated carbocycles. The van der Waals surface area contributed by atoms with Crippen molar-refractivity contribution in [2.45, 2.75) is 36.6 Å². The molecule has 1 aromatic heterocycles. The fourth-order valence-electron chi connectivity index (χ4n) is 2.07. The molecule has 4 heteroatoms. The molecule has 1 fully saturated rings. The summed E-state index contributed by atoms with van der Waals surface area (Å²) < 4.78 is 0. The molecule has 0 bridgehead atoms. The van der Waals surface area contributed by atoms with Gasteiger partial charge in [0.1, 0.15) is 0 Å². The second-order valence-corrected chi connectivity index (χ2v) is 5.45.